The van der Waals surface area contributed by atoms with Crippen LogP contribution in [0.1, 0.15) is 22.3 Å². The van der Waals surface area contributed by atoms with Gasteiger partial charge in [-0.3, -0.25) is 4.79 Å². The molecule has 2 aromatic carbocycles. The van der Waals surface area contributed by atoms with Gasteiger partial charge in [0.2, 0.25) is 0 Å². The van der Waals surface area contributed by atoms with Crippen molar-refractivity contribution in [2.45, 2.75) is 12.5 Å². The van der Waals surface area contributed by atoms with E-state index in [0.29, 0.717) is 12.7 Å². The number of ether oxygens (including phenoxy) is 1. The number of amides is 1. The van der Waals surface area contributed by atoms with E-state index in [1.165, 1.54) is 0 Å². The molecule has 0 fully saturated rings. The number of anilines is 1. The van der Waals surface area contributed by atoms with E-state index in [-0.39, 0.29) is 15.6 Å². The third kappa shape index (κ3) is 7.72. The van der Waals surface area contributed by atoms with Gasteiger partial charge in [-0.2, -0.15) is 0 Å². The van der Waals surface area contributed by atoms with Crippen molar-refractivity contribution in [3.8, 4) is 0 Å². The SMILES string of the molecule is CNc1ccc(/C=C/CC(C=O)NC(=O)c2c(Cl)cccc2Cl)cc1.COC. The zero-order valence-corrected chi connectivity index (χ0v) is 17.6. The Bertz CT molecular complexity index is 772. The molecule has 0 bridgehead atoms. The molecule has 0 aliphatic rings. The summed E-state index contributed by atoms with van der Waals surface area (Å²) in [5.74, 6) is -0.473. The van der Waals surface area contributed by atoms with Gasteiger partial charge in [0.05, 0.1) is 21.7 Å². The second kappa shape index (κ2) is 12.9. The number of carbonyl (C=O) groups excluding carboxylic acids is 2. The number of rotatable bonds is 7. The molecule has 1 atom stereocenters. The average Bonchev–Trinajstić information content (AvgIpc) is 2.68. The lowest BCUT2D eigenvalue weighted by atomic mass is 10.1. The van der Waals surface area contributed by atoms with Crippen LogP contribution in [-0.4, -0.2) is 39.5 Å². The summed E-state index contributed by atoms with van der Waals surface area (Å²) in [4.78, 5) is 23.5. The van der Waals surface area contributed by atoms with E-state index in [0.717, 1.165) is 11.3 Å². The molecule has 2 rings (SSSR count). The summed E-state index contributed by atoms with van der Waals surface area (Å²) in [5.41, 5.74) is 2.19. The van der Waals surface area contributed by atoms with Crippen LogP contribution in [0.15, 0.2) is 48.5 Å². The fraction of sp³-hybridized carbons (Fsp3) is 0.238. The van der Waals surface area contributed by atoms with E-state index in [1.54, 1.807) is 32.4 Å². The summed E-state index contributed by atoms with van der Waals surface area (Å²) >= 11 is 12.0. The Kier molecular flexibility index (Phi) is 11.0. The highest BCUT2D eigenvalue weighted by Crippen LogP contribution is 2.24. The molecule has 0 aromatic heterocycles. The maximum absolute atomic E-state index is 12.3. The molecule has 0 aliphatic heterocycles. The van der Waals surface area contributed by atoms with Crippen LogP contribution in [0.25, 0.3) is 6.08 Å². The number of hydrogen-bond acceptors (Lipinski definition) is 4. The molecule has 0 spiro atoms. The topological polar surface area (TPSA) is 67.4 Å². The number of benzene rings is 2. The van der Waals surface area contributed by atoms with Gasteiger partial charge in [-0.05, 0) is 36.2 Å². The largest absolute Gasteiger partial charge is 0.388 e. The normalized spacial score (nSPS) is 11.3. The van der Waals surface area contributed by atoms with Gasteiger partial charge in [0.1, 0.15) is 6.29 Å². The first-order chi connectivity index (χ1) is 13.5. The van der Waals surface area contributed by atoms with Crippen molar-refractivity contribution in [3.05, 3.63) is 69.7 Å². The third-order valence-electron chi connectivity index (χ3n) is 3.57. The van der Waals surface area contributed by atoms with Crippen LogP contribution in [0.5, 0.6) is 0 Å². The average molecular weight is 423 g/mol. The first-order valence-electron chi connectivity index (χ1n) is 8.51. The minimum atomic E-state index is -0.660. The molecular formula is C21H24Cl2N2O3. The minimum absolute atomic E-state index is 0.171. The van der Waals surface area contributed by atoms with E-state index >= 15 is 0 Å². The maximum atomic E-state index is 12.3. The molecule has 150 valence electrons. The Labute approximate surface area is 175 Å². The van der Waals surface area contributed by atoms with Crippen LogP contribution < -0.4 is 10.6 Å². The molecule has 1 amide bonds. The number of hydrogen-bond donors (Lipinski definition) is 2. The van der Waals surface area contributed by atoms with Gasteiger partial charge in [-0.25, -0.2) is 0 Å². The predicted molar refractivity (Wildman–Crippen MR) is 116 cm³/mol. The van der Waals surface area contributed by atoms with Crippen LogP contribution in [0.4, 0.5) is 5.69 Å². The van der Waals surface area contributed by atoms with Crippen molar-refractivity contribution in [2.75, 3.05) is 26.6 Å². The Morgan fingerprint density at radius 2 is 1.68 bits per heavy atom. The van der Waals surface area contributed by atoms with Gasteiger partial charge < -0.3 is 20.2 Å². The fourth-order valence-electron chi connectivity index (χ4n) is 2.22. The lowest BCUT2D eigenvalue weighted by Crippen LogP contribution is -2.35. The van der Waals surface area contributed by atoms with Crippen molar-refractivity contribution >= 4 is 47.2 Å². The molecule has 1 unspecified atom stereocenters. The number of nitrogens with one attached hydrogen (secondary N) is 2. The Balaban J connectivity index is 0.00000122. The Morgan fingerprint density at radius 1 is 1.11 bits per heavy atom. The summed E-state index contributed by atoms with van der Waals surface area (Å²) < 4.78 is 4.25. The standard InChI is InChI=1S/C19H18Cl2N2O2.C2H6O/c1-22-14-10-8-13(9-11-14)4-2-5-15(12-24)23-19(25)18-16(20)6-3-7-17(18)21;1-3-2/h2-4,6-12,15,22H,5H2,1H3,(H,23,25);1-2H3/b4-2+;. The molecular weight excluding hydrogens is 399 g/mol. The zero-order chi connectivity index (χ0) is 20.9. The fourth-order valence-corrected chi connectivity index (χ4v) is 2.78. The number of aldehydes is 1. The van der Waals surface area contributed by atoms with Gasteiger partial charge in [-0.15, -0.1) is 0 Å². The molecule has 7 heteroatoms. The molecule has 2 aromatic rings. The van der Waals surface area contributed by atoms with Crippen LogP contribution >= 0.6 is 23.2 Å². The second-order valence-corrected chi connectivity index (χ2v) is 6.55. The second-order valence-electron chi connectivity index (χ2n) is 5.73. The monoisotopic (exact) mass is 422 g/mol. The van der Waals surface area contributed by atoms with Crippen molar-refractivity contribution < 1.29 is 14.3 Å². The zero-order valence-electron chi connectivity index (χ0n) is 16.0. The highest BCUT2D eigenvalue weighted by atomic mass is 35.5. The van der Waals surface area contributed by atoms with E-state index in [1.807, 2.05) is 43.5 Å². The minimum Gasteiger partial charge on any atom is -0.388 e. The van der Waals surface area contributed by atoms with Crippen LogP contribution in [0.2, 0.25) is 10.0 Å². The van der Waals surface area contributed by atoms with E-state index in [9.17, 15) is 9.59 Å². The van der Waals surface area contributed by atoms with Gasteiger partial charge in [0.15, 0.2) is 0 Å². The van der Waals surface area contributed by atoms with Gasteiger partial charge in [0, 0.05) is 27.0 Å². The third-order valence-corrected chi connectivity index (χ3v) is 4.20. The predicted octanol–water partition coefficient (Wildman–Crippen LogP) is 4.70. The van der Waals surface area contributed by atoms with Crippen LogP contribution in [0.3, 0.4) is 0 Å². The molecule has 28 heavy (non-hydrogen) atoms. The van der Waals surface area contributed by atoms with Crippen LogP contribution in [-0.2, 0) is 9.53 Å². The van der Waals surface area contributed by atoms with Crippen molar-refractivity contribution in [3.63, 3.8) is 0 Å². The summed E-state index contributed by atoms with van der Waals surface area (Å²) in [5, 5.41) is 6.17. The molecule has 0 heterocycles. The quantitative estimate of drug-likeness (QED) is 0.634. The van der Waals surface area contributed by atoms with E-state index in [4.69, 9.17) is 23.2 Å². The van der Waals surface area contributed by atoms with Crippen molar-refractivity contribution in [2.24, 2.45) is 0 Å². The highest BCUT2D eigenvalue weighted by Gasteiger charge is 2.17. The number of halogens is 2. The molecule has 5 nitrogen and oxygen atoms in total. The molecule has 0 saturated carbocycles. The molecule has 0 saturated heterocycles. The molecule has 0 aliphatic carbocycles. The van der Waals surface area contributed by atoms with Gasteiger partial charge in [-0.1, -0.05) is 53.6 Å². The number of carbonyl (C=O) groups is 2. The summed E-state index contributed by atoms with van der Waals surface area (Å²) in [6.07, 6.45) is 4.79. The Morgan fingerprint density at radius 3 is 2.18 bits per heavy atom. The highest BCUT2D eigenvalue weighted by molar-refractivity contribution is 6.39. The number of methoxy groups -OCH3 is 1. The maximum Gasteiger partial charge on any atom is 0.254 e. The first-order valence-corrected chi connectivity index (χ1v) is 9.27. The van der Waals surface area contributed by atoms with Crippen molar-refractivity contribution in [1.82, 2.24) is 5.32 Å². The Hall–Kier alpha value is -2.34. The lowest BCUT2D eigenvalue weighted by molar-refractivity contribution is -0.109. The van der Waals surface area contributed by atoms with Gasteiger partial charge >= 0.3 is 0 Å². The summed E-state index contributed by atoms with van der Waals surface area (Å²) in [6.45, 7) is 0. The van der Waals surface area contributed by atoms with Crippen molar-refractivity contribution in [1.29, 1.82) is 0 Å². The van der Waals surface area contributed by atoms with E-state index in [2.05, 4.69) is 15.4 Å². The molecule has 2 N–H and O–H groups in total. The van der Waals surface area contributed by atoms with Crippen LogP contribution in [0, 0.1) is 0 Å². The smallest absolute Gasteiger partial charge is 0.254 e. The summed E-state index contributed by atoms with van der Waals surface area (Å²) in [6, 6.07) is 12.0. The molecule has 0 radical (unpaired) electrons. The van der Waals surface area contributed by atoms with E-state index < -0.39 is 11.9 Å². The first kappa shape index (κ1) is 23.7. The lowest BCUT2D eigenvalue weighted by Gasteiger charge is -2.12. The van der Waals surface area contributed by atoms with Gasteiger partial charge in [0.25, 0.3) is 5.91 Å². The summed E-state index contributed by atoms with van der Waals surface area (Å²) in [7, 11) is 5.10.